The molecule has 3 unspecified atom stereocenters. The van der Waals surface area contributed by atoms with Crippen LogP contribution in [-0.2, 0) is 0 Å². The number of rotatable bonds is 7. The predicted molar refractivity (Wildman–Crippen MR) is 57.9 cm³/mol. The Labute approximate surface area is 84.7 Å². The summed E-state index contributed by atoms with van der Waals surface area (Å²) in [5.41, 5.74) is 5.88. The summed E-state index contributed by atoms with van der Waals surface area (Å²) in [4.78, 5) is 0. The van der Waals surface area contributed by atoms with Gasteiger partial charge in [-0.15, -0.1) is 11.8 Å². The lowest BCUT2D eigenvalue weighted by molar-refractivity contribution is 0.276. The van der Waals surface area contributed by atoms with Crippen molar-refractivity contribution < 1.29 is 10.2 Å². The van der Waals surface area contributed by atoms with Crippen LogP contribution < -0.4 is 5.73 Å². The Kier molecular flexibility index (Phi) is 7.75. The van der Waals surface area contributed by atoms with Crippen molar-refractivity contribution in [1.82, 2.24) is 0 Å². The van der Waals surface area contributed by atoms with E-state index < -0.39 is 0 Å². The minimum Gasteiger partial charge on any atom is -0.395 e. The van der Waals surface area contributed by atoms with Gasteiger partial charge in [-0.25, -0.2) is 0 Å². The van der Waals surface area contributed by atoms with Crippen molar-refractivity contribution in [3.8, 4) is 0 Å². The number of hydrogen-bond donors (Lipinski definition) is 3. The van der Waals surface area contributed by atoms with Crippen LogP contribution in [0.3, 0.4) is 0 Å². The van der Waals surface area contributed by atoms with E-state index in [1.54, 1.807) is 11.8 Å². The molecule has 3 atom stereocenters. The van der Waals surface area contributed by atoms with E-state index in [4.69, 9.17) is 15.9 Å². The van der Waals surface area contributed by atoms with Crippen LogP contribution in [-0.4, -0.2) is 40.0 Å². The molecule has 0 heterocycles. The summed E-state index contributed by atoms with van der Waals surface area (Å²) in [6.45, 7) is 4.25. The maximum absolute atomic E-state index is 9.09. The van der Waals surface area contributed by atoms with Crippen molar-refractivity contribution in [3.05, 3.63) is 0 Å². The minimum absolute atomic E-state index is 0.0361. The molecule has 0 spiro atoms. The van der Waals surface area contributed by atoms with Gasteiger partial charge >= 0.3 is 0 Å². The molecule has 0 aliphatic rings. The molecule has 0 amide bonds. The van der Waals surface area contributed by atoms with Gasteiger partial charge in [0, 0.05) is 16.5 Å². The Morgan fingerprint density at radius 3 is 2.31 bits per heavy atom. The highest BCUT2D eigenvalue weighted by molar-refractivity contribution is 8.00. The lowest BCUT2D eigenvalue weighted by atomic mass is 10.1. The normalized spacial score (nSPS) is 18.2. The fourth-order valence-corrected chi connectivity index (χ4v) is 2.25. The number of aliphatic hydroxyl groups is 2. The van der Waals surface area contributed by atoms with Gasteiger partial charge in [0.05, 0.1) is 13.2 Å². The van der Waals surface area contributed by atoms with Gasteiger partial charge in [0.1, 0.15) is 0 Å². The predicted octanol–water partition coefficient (Wildman–Crippen LogP) is 0.589. The first kappa shape index (κ1) is 13.2. The van der Waals surface area contributed by atoms with Crippen molar-refractivity contribution in [2.24, 2.45) is 5.73 Å². The smallest absolute Gasteiger partial charge is 0.0565 e. The second-order valence-electron chi connectivity index (χ2n) is 3.30. The molecular weight excluding hydrogens is 186 g/mol. The van der Waals surface area contributed by atoms with Crippen molar-refractivity contribution in [2.75, 3.05) is 13.2 Å². The van der Waals surface area contributed by atoms with Crippen LogP contribution in [0.1, 0.15) is 26.7 Å². The van der Waals surface area contributed by atoms with E-state index in [0.717, 1.165) is 12.8 Å². The Morgan fingerprint density at radius 2 is 1.92 bits per heavy atom. The second-order valence-corrected chi connectivity index (χ2v) is 4.99. The van der Waals surface area contributed by atoms with Crippen molar-refractivity contribution >= 4 is 11.8 Å². The first-order valence-electron chi connectivity index (χ1n) is 4.78. The molecule has 13 heavy (non-hydrogen) atoms. The van der Waals surface area contributed by atoms with E-state index in [1.807, 2.05) is 6.92 Å². The van der Waals surface area contributed by atoms with Gasteiger partial charge in [0.2, 0.25) is 0 Å². The molecule has 0 aromatic heterocycles. The van der Waals surface area contributed by atoms with Crippen LogP contribution in [0.5, 0.6) is 0 Å². The fraction of sp³-hybridized carbons (Fsp3) is 1.00. The highest BCUT2D eigenvalue weighted by atomic mass is 32.2. The lowest BCUT2D eigenvalue weighted by Gasteiger charge is -2.23. The Morgan fingerprint density at radius 1 is 1.31 bits per heavy atom. The molecule has 0 fully saturated rings. The molecule has 0 saturated carbocycles. The van der Waals surface area contributed by atoms with Crippen molar-refractivity contribution in [2.45, 2.75) is 43.2 Å². The van der Waals surface area contributed by atoms with Gasteiger partial charge in [-0.05, 0) is 6.42 Å². The Hall–Kier alpha value is 0.230. The highest BCUT2D eigenvalue weighted by Gasteiger charge is 2.19. The molecule has 0 aliphatic carbocycles. The van der Waals surface area contributed by atoms with Crippen LogP contribution >= 0.6 is 11.8 Å². The maximum atomic E-state index is 9.09. The Balaban J connectivity index is 3.86. The molecule has 0 rings (SSSR count). The van der Waals surface area contributed by atoms with Crippen LogP contribution in [0.15, 0.2) is 0 Å². The standard InChI is InChI=1S/C9H21NO2S/c1-3-4-8(10)9(6-12)13-7(2)5-11/h7-9,11-12H,3-6,10H2,1-2H3. The fourth-order valence-electron chi connectivity index (χ4n) is 1.14. The minimum atomic E-state index is 0.0361. The number of aliphatic hydroxyl groups excluding tert-OH is 2. The van der Waals surface area contributed by atoms with Gasteiger partial charge in [0.15, 0.2) is 0 Å². The number of hydrogen-bond acceptors (Lipinski definition) is 4. The third-order valence-electron chi connectivity index (χ3n) is 1.94. The van der Waals surface area contributed by atoms with Crippen molar-refractivity contribution in [1.29, 1.82) is 0 Å². The summed E-state index contributed by atoms with van der Waals surface area (Å²) in [6, 6.07) is 0.0361. The van der Waals surface area contributed by atoms with E-state index >= 15 is 0 Å². The largest absolute Gasteiger partial charge is 0.395 e. The first-order chi connectivity index (χ1) is 6.15. The number of nitrogens with two attached hydrogens (primary N) is 1. The van der Waals surface area contributed by atoms with E-state index in [1.165, 1.54) is 0 Å². The summed E-state index contributed by atoms with van der Waals surface area (Å²) in [5.74, 6) is 0. The molecule has 0 aromatic rings. The van der Waals surface area contributed by atoms with Gasteiger partial charge in [-0.1, -0.05) is 20.3 Å². The summed E-state index contributed by atoms with van der Waals surface area (Å²) in [5, 5.41) is 18.1. The van der Waals surface area contributed by atoms with Gasteiger partial charge in [-0.2, -0.15) is 0 Å². The van der Waals surface area contributed by atoms with Crippen molar-refractivity contribution in [3.63, 3.8) is 0 Å². The number of thioether (sulfide) groups is 1. The molecule has 0 bridgehead atoms. The van der Waals surface area contributed by atoms with Gasteiger partial charge in [0.25, 0.3) is 0 Å². The third-order valence-corrected chi connectivity index (χ3v) is 3.41. The zero-order valence-electron chi connectivity index (χ0n) is 8.44. The van der Waals surface area contributed by atoms with Crippen LogP contribution in [0.25, 0.3) is 0 Å². The van der Waals surface area contributed by atoms with Gasteiger partial charge in [-0.3, -0.25) is 0 Å². The summed E-state index contributed by atoms with van der Waals surface area (Å²) >= 11 is 1.57. The maximum Gasteiger partial charge on any atom is 0.0565 e. The highest BCUT2D eigenvalue weighted by Crippen LogP contribution is 2.21. The van der Waals surface area contributed by atoms with Crippen LogP contribution in [0, 0.1) is 0 Å². The SMILES string of the molecule is CCCC(N)C(CO)SC(C)CO. The Bertz CT molecular complexity index is 124. The molecule has 4 heteroatoms. The third kappa shape index (κ3) is 5.52. The molecule has 3 nitrogen and oxygen atoms in total. The zero-order valence-corrected chi connectivity index (χ0v) is 9.26. The topological polar surface area (TPSA) is 66.5 Å². The lowest BCUT2D eigenvalue weighted by Crippen LogP contribution is -2.36. The molecule has 0 radical (unpaired) electrons. The summed E-state index contributed by atoms with van der Waals surface area (Å²) in [7, 11) is 0. The van der Waals surface area contributed by atoms with E-state index in [0.29, 0.717) is 0 Å². The zero-order chi connectivity index (χ0) is 10.3. The second kappa shape index (κ2) is 7.62. The summed E-state index contributed by atoms with van der Waals surface area (Å²) < 4.78 is 0. The summed E-state index contributed by atoms with van der Waals surface area (Å²) in [6.07, 6.45) is 1.96. The van der Waals surface area contributed by atoms with E-state index in [2.05, 4.69) is 6.92 Å². The van der Waals surface area contributed by atoms with E-state index in [-0.39, 0.29) is 29.8 Å². The first-order valence-corrected chi connectivity index (χ1v) is 5.72. The molecule has 0 aliphatic heterocycles. The quantitative estimate of drug-likeness (QED) is 0.571. The molecular formula is C9H21NO2S. The molecule has 0 aromatic carbocycles. The average Bonchev–Trinajstić information content (AvgIpc) is 2.14. The molecule has 0 saturated heterocycles. The van der Waals surface area contributed by atoms with Crippen LogP contribution in [0.2, 0.25) is 0 Å². The van der Waals surface area contributed by atoms with Gasteiger partial charge < -0.3 is 15.9 Å². The van der Waals surface area contributed by atoms with E-state index in [9.17, 15) is 0 Å². The molecule has 80 valence electrons. The monoisotopic (exact) mass is 207 g/mol. The molecule has 4 N–H and O–H groups in total. The average molecular weight is 207 g/mol. The van der Waals surface area contributed by atoms with Crippen LogP contribution in [0.4, 0.5) is 0 Å².